The van der Waals surface area contributed by atoms with Crippen molar-refractivity contribution in [1.29, 1.82) is 0 Å². The zero-order valence-corrected chi connectivity index (χ0v) is 31.7. The van der Waals surface area contributed by atoms with E-state index in [2.05, 4.69) is 166 Å². The number of hydrogen-bond acceptors (Lipinski definition) is 4. The molecule has 2 heterocycles. The van der Waals surface area contributed by atoms with Gasteiger partial charge in [-0.05, 0) is 91.7 Å². The summed E-state index contributed by atoms with van der Waals surface area (Å²) in [4.78, 5) is 19.2. The Kier molecular flexibility index (Phi) is 7.79. The number of benzene rings is 6. The van der Waals surface area contributed by atoms with Gasteiger partial charge in [-0.3, -0.25) is 4.98 Å². The Labute approximate surface area is 312 Å². The van der Waals surface area contributed by atoms with Gasteiger partial charge in [0.05, 0.1) is 8.07 Å². The predicted molar refractivity (Wildman–Crippen MR) is 223 cm³/mol. The number of fused-ring (bicyclic) bond motifs is 4. The molecule has 2 aromatic heterocycles. The number of nitrogens with zero attached hydrogens (tertiary/aromatic N) is 4. The van der Waals surface area contributed by atoms with Crippen molar-refractivity contribution in [2.75, 3.05) is 0 Å². The van der Waals surface area contributed by atoms with Gasteiger partial charge in [-0.25, -0.2) is 15.0 Å². The highest BCUT2D eigenvalue weighted by atomic mass is 28.3. The minimum absolute atomic E-state index is 0.124. The number of aromatic nitrogens is 4. The minimum atomic E-state index is -1.35. The molecule has 1 aliphatic carbocycles. The van der Waals surface area contributed by atoms with Crippen molar-refractivity contribution in [2.45, 2.75) is 38.9 Å². The molecule has 1 aliphatic rings. The molecule has 0 saturated carbocycles. The molecule has 0 amide bonds. The van der Waals surface area contributed by atoms with Crippen molar-refractivity contribution >= 4 is 24.0 Å². The van der Waals surface area contributed by atoms with Gasteiger partial charge in [0.15, 0.2) is 17.5 Å². The molecule has 8 aromatic rings. The highest BCUT2D eigenvalue weighted by molar-refractivity contribution is 6.88. The maximum absolute atomic E-state index is 5.06. The van der Waals surface area contributed by atoms with Crippen LogP contribution in [0.4, 0.5) is 0 Å². The second kappa shape index (κ2) is 12.6. The van der Waals surface area contributed by atoms with Crippen LogP contribution in [-0.2, 0) is 5.41 Å². The van der Waals surface area contributed by atoms with Crippen molar-refractivity contribution in [1.82, 2.24) is 19.9 Å². The molecule has 4 nitrogen and oxygen atoms in total. The molecular formula is C48H40N4Si. The SMILES string of the molecule is CC1(C)c2ccc(-c3ccc([Si](C)(C)C)cc3)cc2-c2ccc(-c3cccc(-c4nc(-c5ccncc5)nc(-c5ccc6ccccc6c5)n4)c3)cc21. The quantitative estimate of drug-likeness (QED) is 0.162. The van der Waals surface area contributed by atoms with E-state index in [1.165, 1.54) is 49.5 Å². The van der Waals surface area contributed by atoms with Gasteiger partial charge >= 0.3 is 0 Å². The fourth-order valence-electron chi connectivity index (χ4n) is 7.71. The molecule has 0 N–H and O–H groups in total. The molecule has 0 atom stereocenters. The third kappa shape index (κ3) is 5.97. The van der Waals surface area contributed by atoms with Gasteiger partial charge in [0.25, 0.3) is 0 Å². The van der Waals surface area contributed by atoms with Crippen LogP contribution in [0, 0.1) is 0 Å². The fourth-order valence-corrected chi connectivity index (χ4v) is 8.87. The van der Waals surface area contributed by atoms with Gasteiger partial charge in [-0.2, -0.15) is 0 Å². The third-order valence-corrected chi connectivity index (χ3v) is 12.9. The van der Waals surface area contributed by atoms with Crippen LogP contribution < -0.4 is 5.19 Å². The lowest BCUT2D eigenvalue weighted by molar-refractivity contribution is 0.660. The highest BCUT2D eigenvalue weighted by Gasteiger charge is 2.36. The van der Waals surface area contributed by atoms with Gasteiger partial charge in [-0.1, -0.05) is 142 Å². The van der Waals surface area contributed by atoms with Gasteiger partial charge < -0.3 is 0 Å². The number of rotatable bonds is 6. The Morgan fingerprint density at radius 2 is 1.00 bits per heavy atom. The largest absolute Gasteiger partial charge is 0.265 e. The Balaban J connectivity index is 1.10. The van der Waals surface area contributed by atoms with E-state index in [-0.39, 0.29) is 5.41 Å². The number of pyridine rings is 1. The maximum atomic E-state index is 5.06. The third-order valence-electron chi connectivity index (χ3n) is 10.8. The van der Waals surface area contributed by atoms with E-state index in [9.17, 15) is 0 Å². The Bertz CT molecular complexity index is 2670. The molecule has 0 bridgehead atoms. The lowest BCUT2D eigenvalue weighted by Crippen LogP contribution is -2.37. The Morgan fingerprint density at radius 3 is 1.74 bits per heavy atom. The monoisotopic (exact) mass is 700 g/mol. The van der Waals surface area contributed by atoms with Crippen LogP contribution in [0.25, 0.3) is 78.3 Å². The summed E-state index contributed by atoms with van der Waals surface area (Å²) in [5.74, 6) is 1.90. The first-order valence-corrected chi connectivity index (χ1v) is 21.8. The highest BCUT2D eigenvalue weighted by Crippen LogP contribution is 2.50. The average molecular weight is 701 g/mol. The van der Waals surface area contributed by atoms with E-state index in [4.69, 9.17) is 15.0 Å². The van der Waals surface area contributed by atoms with Crippen molar-refractivity contribution < 1.29 is 0 Å². The maximum Gasteiger partial charge on any atom is 0.164 e. The Hall–Kier alpha value is -6.04. The van der Waals surface area contributed by atoms with E-state index < -0.39 is 8.07 Å². The number of hydrogen-bond donors (Lipinski definition) is 0. The van der Waals surface area contributed by atoms with Gasteiger partial charge in [-0.15, -0.1) is 0 Å². The zero-order chi connectivity index (χ0) is 36.3. The molecule has 0 unspecified atom stereocenters. The molecule has 256 valence electrons. The molecular weight excluding hydrogens is 661 g/mol. The molecule has 0 radical (unpaired) electrons. The standard InChI is InChI=1S/C48H40N4Si/c1-48(2)43-22-18-36(32-15-19-40(20-16-32)53(3,4)5)29-42(43)41-21-17-37(30-44(41)48)35-11-8-12-38(28-35)46-50-45(33-23-25-49-26-24-33)51-47(52-46)39-14-13-31-9-6-7-10-34(31)27-39/h6-30H,1-5H3. The summed E-state index contributed by atoms with van der Waals surface area (Å²) in [5.41, 5.74) is 12.8. The molecule has 9 rings (SSSR count). The van der Waals surface area contributed by atoms with Crippen LogP contribution in [0.3, 0.4) is 0 Å². The van der Waals surface area contributed by atoms with Crippen LogP contribution in [0.1, 0.15) is 25.0 Å². The lowest BCUT2D eigenvalue weighted by atomic mass is 9.81. The van der Waals surface area contributed by atoms with Crippen LogP contribution in [0.2, 0.25) is 19.6 Å². The van der Waals surface area contributed by atoms with E-state index in [0.29, 0.717) is 17.5 Å². The van der Waals surface area contributed by atoms with Crippen LogP contribution >= 0.6 is 0 Å². The van der Waals surface area contributed by atoms with Crippen LogP contribution in [-0.4, -0.2) is 28.0 Å². The summed E-state index contributed by atoms with van der Waals surface area (Å²) < 4.78 is 0. The molecule has 6 aromatic carbocycles. The van der Waals surface area contributed by atoms with Crippen molar-refractivity contribution in [2.24, 2.45) is 0 Å². The first kappa shape index (κ1) is 32.8. The normalized spacial score (nSPS) is 13.2. The summed E-state index contributed by atoms with van der Waals surface area (Å²) in [5, 5.41) is 3.81. The minimum Gasteiger partial charge on any atom is -0.265 e. The average Bonchev–Trinajstić information content (AvgIpc) is 3.42. The van der Waals surface area contributed by atoms with Gasteiger partial charge in [0.2, 0.25) is 0 Å². The summed E-state index contributed by atoms with van der Waals surface area (Å²) in [6.07, 6.45) is 3.55. The zero-order valence-electron chi connectivity index (χ0n) is 30.7. The van der Waals surface area contributed by atoms with E-state index >= 15 is 0 Å². The topological polar surface area (TPSA) is 51.6 Å². The smallest absolute Gasteiger partial charge is 0.164 e. The first-order chi connectivity index (χ1) is 25.6. The van der Waals surface area contributed by atoms with Crippen LogP contribution in [0.15, 0.2) is 152 Å². The molecule has 0 saturated heterocycles. The molecule has 53 heavy (non-hydrogen) atoms. The predicted octanol–water partition coefficient (Wildman–Crippen LogP) is 11.6. The lowest BCUT2D eigenvalue weighted by Gasteiger charge is -2.22. The second-order valence-corrected chi connectivity index (χ2v) is 20.7. The van der Waals surface area contributed by atoms with Crippen molar-refractivity contribution in [3.05, 3.63) is 163 Å². The molecule has 0 fully saturated rings. The molecule has 0 spiro atoms. The van der Waals surface area contributed by atoms with E-state index in [1.54, 1.807) is 12.4 Å². The second-order valence-electron chi connectivity index (χ2n) is 15.7. The molecule has 5 heteroatoms. The summed E-state index contributed by atoms with van der Waals surface area (Å²) in [6.45, 7) is 11.9. The van der Waals surface area contributed by atoms with Gasteiger partial charge in [0.1, 0.15) is 0 Å². The van der Waals surface area contributed by atoms with E-state index in [0.717, 1.165) is 27.6 Å². The Morgan fingerprint density at radius 1 is 0.415 bits per heavy atom. The first-order valence-electron chi connectivity index (χ1n) is 18.3. The van der Waals surface area contributed by atoms with Crippen molar-refractivity contribution in [3.8, 4) is 67.5 Å². The van der Waals surface area contributed by atoms with Crippen molar-refractivity contribution in [3.63, 3.8) is 0 Å². The van der Waals surface area contributed by atoms with Crippen LogP contribution in [0.5, 0.6) is 0 Å². The summed E-state index contributed by atoms with van der Waals surface area (Å²) in [6, 6.07) is 50.4. The summed E-state index contributed by atoms with van der Waals surface area (Å²) >= 11 is 0. The van der Waals surface area contributed by atoms with E-state index in [1.807, 2.05) is 12.1 Å². The fraction of sp³-hybridized carbons (Fsp3) is 0.125. The van der Waals surface area contributed by atoms with Gasteiger partial charge in [0, 0.05) is 34.5 Å². The summed E-state index contributed by atoms with van der Waals surface area (Å²) in [7, 11) is -1.35. The molecule has 0 aliphatic heterocycles.